The maximum absolute atomic E-state index is 14.6. The molecule has 12 atom stereocenters. The summed E-state index contributed by atoms with van der Waals surface area (Å²) in [7, 11) is 0. The van der Waals surface area contributed by atoms with E-state index >= 15 is 0 Å². The quantitative estimate of drug-likeness (QED) is 0.0502. The highest BCUT2D eigenvalue weighted by Crippen LogP contribution is 2.24. The molecule has 80 heavy (non-hydrogen) atoms. The normalized spacial score (nSPS) is 24.3. The standard InChI is InChI=1S/C57H91N9O14/c1-31(2)26-39-50(72)63-47(34(7)8)57(79)80-36(10)48(54(76)62-41(28-37-18-12-11-13-19-37)56(78)66-25-17-22-44(66)53(75)60-39)64-49(71)35(9)58-52(74)43-21-16-24-65(43)55(77)40(27-32(3)4)61-51(73)42(30-67)59-46(70)29-38(68)20-14-15-23-45(69)33(5)6/h11-13,18-19,31-36,38-45,47-48,67-69H,14-17,20-30H2,1-10H3,(H,58,74)(H,59,70)(H,60,75)(H,61,73)(H,62,76)(H,63,72)(H,64,71)/t35-,36-,38-,39-,40+,41-,42-,43+,44+,45+,47+,48+/m1/s1. The number of carbonyl (C=O) groups excluding carboxylic acids is 10. The van der Waals surface area contributed by atoms with Gasteiger partial charge in [0.15, 0.2) is 0 Å². The number of aliphatic hydroxyl groups excluding tert-OH is 3. The van der Waals surface area contributed by atoms with Crippen molar-refractivity contribution in [1.29, 1.82) is 0 Å². The predicted octanol–water partition coefficient (Wildman–Crippen LogP) is 0.639. The van der Waals surface area contributed by atoms with E-state index in [4.69, 9.17) is 4.74 Å². The van der Waals surface area contributed by atoms with E-state index in [1.165, 1.54) is 23.6 Å². The van der Waals surface area contributed by atoms with Crippen molar-refractivity contribution in [3.8, 4) is 0 Å². The Hall–Kier alpha value is -6.20. The third-order valence-electron chi connectivity index (χ3n) is 14.9. The summed E-state index contributed by atoms with van der Waals surface area (Å²) < 4.78 is 5.86. The molecule has 448 valence electrons. The lowest BCUT2D eigenvalue weighted by Gasteiger charge is -2.33. The molecule has 0 radical (unpaired) electrons. The summed E-state index contributed by atoms with van der Waals surface area (Å²) in [5.74, 6) is -8.16. The largest absolute Gasteiger partial charge is 0.458 e. The van der Waals surface area contributed by atoms with Crippen LogP contribution >= 0.6 is 0 Å². The number of nitrogens with zero attached hydrogens (tertiary/aromatic N) is 2. The Morgan fingerprint density at radius 1 is 0.738 bits per heavy atom. The van der Waals surface area contributed by atoms with Crippen molar-refractivity contribution in [3.63, 3.8) is 0 Å². The molecule has 1 aromatic carbocycles. The molecular formula is C57H91N9O14. The number of aliphatic hydroxyl groups is 3. The zero-order valence-corrected chi connectivity index (χ0v) is 48.5. The number of hydrogen-bond donors (Lipinski definition) is 10. The third-order valence-corrected chi connectivity index (χ3v) is 14.9. The number of ether oxygens (including phenoxy) is 1. The first-order valence-corrected chi connectivity index (χ1v) is 28.7. The third kappa shape index (κ3) is 19.8. The van der Waals surface area contributed by atoms with Crippen LogP contribution in [0.1, 0.15) is 145 Å². The van der Waals surface area contributed by atoms with E-state index in [0.29, 0.717) is 37.7 Å². The van der Waals surface area contributed by atoms with E-state index in [2.05, 4.69) is 37.2 Å². The van der Waals surface area contributed by atoms with Crippen molar-refractivity contribution < 1.29 is 68.0 Å². The highest BCUT2D eigenvalue weighted by atomic mass is 16.5. The number of rotatable bonds is 24. The monoisotopic (exact) mass is 1130 g/mol. The van der Waals surface area contributed by atoms with E-state index in [1.54, 1.807) is 44.2 Å². The number of amides is 9. The molecule has 3 aliphatic rings. The molecule has 23 heteroatoms. The Balaban J connectivity index is 1.54. The molecule has 3 fully saturated rings. The Labute approximate surface area is 471 Å². The van der Waals surface area contributed by atoms with Crippen LogP contribution in [0.5, 0.6) is 0 Å². The smallest absolute Gasteiger partial charge is 0.329 e. The fourth-order valence-corrected chi connectivity index (χ4v) is 10.2. The van der Waals surface area contributed by atoms with Crippen LogP contribution in [0.15, 0.2) is 30.3 Å². The zero-order chi connectivity index (χ0) is 59.5. The second-order valence-corrected chi connectivity index (χ2v) is 23.4. The summed E-state index contributed by atoms with van der Waals surface area (Å²) in [6.45, 7) is 16.7. The van der Waals surface area contributed by atoms with E-state index in [9.17, 15) is 63.3 Å². The number of likely N-dealkylation sites (tertiary alicyclic amines) is 1. The van der Waals surface area contributed by atoms with Gasteiger partial charge in [-0.25, -0.2) is 4.79 Å². The lowest BCUT2D eigenvalue weighted by atomic mass is 9.99. The fraction of sp³-hybridized carbons (Fsp3) is 0.719. The van der Waals surface area contributed by atoms with Crippen LogP contribution in [0, 0.1) is 23.7 Å². The van der Waals surface area contributed by atoms with Crippen LogP contribution in [0.4, 0.5) is 0 Å². The van der Waals surface area contributed by atoms with Gasteiger partial charge < -0.3 is 67.1 Å². The van der Waals surface area contributed by atoms with E-state index in [0.717, 1.165) is 0 Å². The van der Waals surface area contributed by atoms with Crippen LogP contribution in [-0.2, 0) is 59.1 Å². The summed E-state index contributed by atoms with van der Waals surface area (Å²) in [6, 6.07) is -2.62. The van der Waals surface area contributed by atoms with Crippen molar-refractivity contribution in [1.82, 2.24) is 47.0 Å². The van der Waals surface area contributed by atoms with Crippen LogP contribution in [0.2, 0.25) is 0 Å². The average molecular weight is 1130 g/mol. The SMILES string of the molecule is CC(C)C[C@H](NC(=O)[C@@H](CO)NC(=O)C[C@H](O)CCCC[C@H](O)C(C)C)C(=O)N1CCC[C@H]1C(=O)N[C@H](C)C(=O)N[C@@H]1C(=O)N[C@H](Cc2ccccc2)C(=O)N2CCC[C@H]2C(=O)N[C@H](CC(C)C)C(=O)N[C@@H](C(C)C)C(=O)O[C@@H]1C. The molecule has 1 aromatic rings. The van der Waals surface area contributed by atoms with Gasteiger partial charge >= 0.3 is 5.97 Å². The summed E-state index contributed by atoms with van der Waals surface area (Å²) in [6.07, 6.45) is 0.381. The van der Waals surface area contributed by atoms with Gasteiger partial charge in [-0.1, -0.05) is 98.6 Å². The molecule has 0 bridgehead atoms. The van der Waals surface area contributed by atoms with E-state index in [1.807, 2.05) is 41.5 Å². The van der Waals surface area contributed by atoms with Crippen molar-refractivity contribution in [2.45, 2.75) is 219 Å². The van der Waals surface area contributed by atoms with Gasteiger partial charge in [-0.2, -0.15) is 0 Å². The number of carbonyl (C=O) groups is 10. The van der Waals surface area contributed by atoms with Gasteiger partial charge in [0, 0.05) is 19.5 Å². The molecule has 3 heterocycles. The molecule has 4 rings (SSSR count). The van der Waals surface area contributed by atoms with Gasteiger partial charge in [-0.3, -0.25) is 43.2 Å². The molecule has 23 nitrogen and oxygen atoms in total. The highest BCUT2D eigenvalue weighted by Gasteiger charge is 2.44. The fourth-order valence-electron chi connectivity index (χ4n) is 10.2. The molecule has 10 N–H and O–H groups in total. The predicted molar refractivity (Wildman–Crippen MR) is 295 cm³/mol. The second kappa shape index (κ2) is 31.7. The Morgan fingerprint density at radius 3 is 2.01 bits per heavy atom. The van der Waals surface area contributed by atoms with Crippen LogP contribution < -0.4 is 37.2 Å². The Bertz CT molecular complexity index is 2280. The Morgan fingerprint density at radius 2 is 1.39 bits per heavy atom. The van der Waals surface area contributed by atoms with Gasteiger partial charge in [0.05, 0.1) is 25.2 Å². The average Bonchev–Trinajstić information content (AvgIpc) is 4.10. The van der Waals surface area contributed by atoms with Crippen LogP contribution in [0.25, 0.3) is 0 Å². The lowest BCUT2D eigenvalue weighted by molar-refractivity contribution is -0.157. The maximum Gasteiger partial charge on any atom is 0.329 e. The first-order valence-electron chi connectivity index (χ1n) is 28.7. The van der Waals surface area contributed by atoms with Gasteiger partial charge in [-0.15, -0.1) is 0 Å². The van der Waals surface area contributed by atoms with Gasteiger partial charge in [-0.05, 0) is 94.4 Å². The number of esters is 1. The minimum atomic E-state index is -1.69. The molecule has 9 amide bonds. The number of hydrogen-bond acceptors (Lipinski definition) is 14. The van der Waals surface area contributed by atoms with Gasteiger partial charge in [0.2, 0.25) is 53.2 Å². The first kappa shape index (κ1) is 66.3. The molecule has 3 aliphatic heterocycles. The number of unbranched alkanes of at least 4 members (excludes halogenated alkanes) is 1. The molecular weight excluding hydrogens is 1030 g/mol. The number of benzene rings is 1. The molecule has 0 aromatic heterocycles. The summed E-state index contributed by atoms with van der Waals surface area (Å²) in [5.41, 5.74) is 0.663. The minimum absolute atomic E-state index is 0.0276. The summed E-state index contributed by atoms with van der Waals surface area (Å²) in [4.78, 5) is 143. The van der Waals surface area contributed by atoms with E-state index in [-0.39, 0.29) is 75.8 Å². The number of fused-ring (bicyclic) bond motifs is 1. The molecule has 3 saturated heterocycles. The molecule has 0 spiro atoms. The minimum Gasteiger partial charge on any atom is -0.458 e. The topological polar surface area (TPSA) is 331 Å². The van der Waals surface area contributed by atoms with Crippen molar-refractivity contribution in [3.05, 3.63) is 35.9 Å². The first-order chi connectivity index (χ1) is 37.7. The number of nitrogens with one attached hydrogen (secondary N) is 7. The number of cyclic esters (lactones) is 1. The second-order valence-electron chi connectivity index (χ2n) is 23.4. The lowest BCUT2D eigenvalue weighted by Crippen LogP contribution is -2.63. The molecule has 0 unspecified atom stereocenters. The van der Waals surface area contributed by atoms with Crippen molar-refractivity contribution in [2.24, 2.45) is 23.7 Å². The maximum atomic E-state index is 14.6. The van der Waals surface area contributed by atoms with Crippen LogP contribution in [-0.4, -0.2) is 177 Å². The van der Waals surface area contributed by atoms with Crippen molar-refractivity contribution >= 4 is 59.1 Å². The van der Waals surface area contributed by atoms with Gasteiger partial charge in [0.25, 0.3) is 0 Å². The highest BCUT2D eigenvalue weighted by molar-refractivity contribution is 5.99. The summed E-state index contributed by atoms with van der Waals surface area (Å²) in [5, 5.41) is 49.3. The summed E-state index contributed by atoms with van der Waals surface area (Å²) >= 11 is 0. The Kier molecular flexibility index (Phi) is 26.3. The van der Waals surface area contributed by atoms with E-state index < -0.39 is 144 Å². The van der Waals surface area contributed by atoms with Crippen molar-refractivity contribution in [2.75, 3.05) is 19.7 Å². The molecule has 0 aliphatic carbocycles. The van der Waals surface area contributed by atoms with Crippen LogP contribution in [0.3, 0.4) is 0 Å². The van der Waals surface area contributed by atoms with Gasteiger partial charge in [0.1, 0.15) is 60.5 Å². The zero-order valence-electron chi connectivity index (χ0n) is 48.5. The molecule has 0 saturated carbocycles.